The van der Waals surface area contributed by atoms with Crippen LogP contribution in [0, 0.1) is 0 Å². The van der Waals surface area contributed by atoms with Crippen LogP contribution >= 0.6 is 0 Å². The van der Waals surface area contributed by atoms with Crippen molar-refractivity contribution in [2.24, 2.45) is 0 Å². The summed E-state index contributed by atoms with van der Waals surface area (Å²) in [5.74, 6) is -1.41. The van der Waals surface area contributed by atoms with E-state index in [-0.39, 0.29) is 29.4 Å². The third kappa shape index (κ3) is 4.37. The molecule has 8 heteroatoms. The number of nitrogens with zero attached hydrogens (tertiary/aromatic N) is 2. The second kappa shape index (κ2) is 7.96. The van der Waals surface area contributed by atoms with Crippen LogP contribution in [0.2, 0.25) is 0 Å². The number of aromatic hydroxyl groups is 2. The molecule has 8 nitrogen and oxygen atoms in total. The second-order valence-electron chi connectivity index (χ2n) is 5.58. The average molecular weight is 364 g/mol. The molecular weight excluding hydrogens is 348 g/mol. The molecule has 2 heterocycles. The molecule has 0 saturated carbocycles. The standard InChI is InChI=1S/C19H16N4O4/c24-14-3-1-9-20-16(14)18(26)22-11-12-5-7-13(8-6-12)23-19(27)17-15(25)4-2-10-21-17/h1-10,24-25H,11H2,(H,22,26)(H,23,27). The first-order valence-electron chi connectivity index (χ1n) is 8.01. The number of anilines is 1. The molecule has 0 aliphatic heterocycles. The van der Waals surface area contributed by atoms with Crippen molar-refractivity contribution in [3.8, 4) is 11.5 Å². The number of carbonyl (C=O) groups excluding carboxylic acids is 2. The van der Waals surface area contributed by atoms with Crippen LogP contribution in [-0.4, -0.2) is 32.0 Å². The fraction of sp³-hybridized carbons (Fsp3) is 0.0526. The van der Waals surface area contributed by atoms with Gasteiger partial charge in [-0.05, 0) is 42.0 Å². The van der Waals surface area contributed by atoms with Crippen molar-refractivity contribution in [1.29, 1.82) is 0 Å². The Kier molecular flexibility index (Phi) is 5.27. The Morgan fingerprint density at radius 3 is 1.93 bits per heavy atom. The molecule has 0 spiro atoms. The highest BCUT2D eigenvalue weighted by Crippen LogP contribution is 2.16. The summed E-state index contributed by atoms with van der Waals surface area (Å²) in [6, 6.07) is 12.6. The Morgan fingerprint density at radius 2 is 1.37 bits per heavy atom. The molecule has 3 aromatic rings. The summed E-state index contributed by atoms with van der Waals surface area (Å²) >= 11 is 0. The molecule has 4 N–H and O–H groups in total. The maximum atomic E-state index is 12.1. The Labute approximate surface area is 154 Å². The van der Waals surface area contributed by atoms with E-state index >= 15 is 0 Å². The van der Waals surface area contributed by atoms with Crippen LogP contribution in [0.25, 0.3) is 0 Å². The smallest absolute Gasteiger partial charge is 0.278 e. The number of amides is 2. The van der Waals surface area contributed by atoms with Crippen LogP contribution in [0.3, 0.4) is 0 Å². The van der Waals surface area contributed by atoms with Gasteiger partial charge in [-0.2, -0.15) is 0 Å². The average Bonchev–Trinajstić information content (AvgIpc) is 2.68. The molecule has 0 fully saturated rings. The van der Waals surface area contributed by atoms with E-state index in [4.69, 9.17) is 0 Å². The monoisotopic (exact) mass is 364 g/mol. The van der Waals surface area contributed by atoms with Gasteiger partial charge in [-0.1, -0.05) is 12.1 Å². The predicted octanol–water partition coefficient (Wildman–Crippen LogP) is 2.07. The maximum Gasteiger partial charge on any atom is 0.278 e. The number of nitrogens with one attached hydrogen (secondary N) is 2. The van der Waals surface area contributed by atoms with Gasteiger partial charge in [0.2, 0.25) is 0 Å². The first-order chi connectivity index (χ1) is 13.0. The van der Waals surface area contributed by atoms with Crippen molar-refractivity contribution < 1.29 is 19.8 Å². The van der Waals surface area contributed by atoms with Gasteiger partial charge in [0.05, 0.1) is 0 Å². The van der Waals surface area contributed by atoms with E-state index in [1.807, 2.05) is 0 Å². The number of hydrogen-bond acceptors (Lipinski definition) is 6. The first-order valence-corrected chi connectivity index (χ1v) is 8.01. The van der Waals surface area contributed by atoms with Crippen molar-refractivity contribution in [2.75, 3.05) is 5.32 Å². The van der Waals surface area contributed by atoms with Gasteiger partial charge in [0.15, 0.2) is 11.4 Å². The fourth-order valence-corrected chi connectivity index (χ4v) is 2.31. The molecule has 0 saturated heterocycles. The van der Waals surface area contributed by atoms with Crippen LogP contribution in [0.4, 0.5) is 5.69 Å². The molecular formula is C19H16N4O4. The third-order valence-corrected chi connectivity index (χ3v) is 3.67. The SMILES string of the molecule is O=C(NCc1ccc(NC(=O)c2ncccc2O)cc1)c1ncccc1O. The van der Waals surface area contributed by atoms with Crippen molar-refractivity contribution >= 4 is 17.5 Å². The van der Waals surface area contributed by atoms with Gasteiger partial charge >= 0.3 is 0 Å². The van der Waals surface area contributed by atoms with Gasteiger partial charge in [0.1, 0.15) is 11.5 Å². The molecule has 3 rings (SSSR count). The normalized spacial score (nSPS) is 10.2. The summed E-state index contributed by atoms with van der Waals surface area (Å²) < 4.78 is 0. The van der Waals surface area contributed by atoms with E-state index in [1.54, 1.807) is 24.3 Å². The molecule has 27 heavy (non-hydrogen) atoms. The number of carbonyl (C=O) groups is 2. The van der Waals surface area contributed by atoms with Crippen LogP contribution < -0.4 is 10.6 Å². The summed E-state index contributed by atoms with van der Waals surface area (Å²) in [6.07, 6.45) is 2.84. The Bertz CT molecular complexity index is 973. The second-order valence-corrected chi connectivity index (χ2v) is 5.58. The largest absolute Gasteiger partial charge is 0.505 e. The lowest BCUT2D eigenvalue weighted by Crippen LogP contribution is -2.23. The molecule has 2 aromatic heterocycles. The van der Waals surface area contributed by atoms with Crippen molar-refractivity contribution in [3.63, 3.8) is 0 Å². The zero-order valence-corrected chi connectivity index (χ0v) is 14.1. The van der Waals surface area contributed by atoms with Gasteiger partial charge in [-0.15, -0.1) is 0 Å². The lowest BCUT2D eigenvalue weighted by molar-refractivity contribution is 0.0942. The van der Waals surface area contributed by atoms with Crippen LogP contribution in [0.15, 0.2) is 60.9 Å². The Balaban J connectivity index is 1.59. The minimum absolute atomic E-state index is 0.0449. The highest BCUT2D eigenvalue weighted by atomic mass is 16.3. The van der Waals surface area contributed by atoms with Crippen molar-refractivity contribution in [2.45, 2.75) is 6.54 Å². The van der Waals surface area contributed by atoms with Gasteiger partial charge in [0, 0.05) is 24.6 Å². The van der Waals surface area contributed by atoms with Gasteiger partial charge < -0.3 is 20.8 Å². The number of benzene rings is 1. The Hall–Kier alpha value is -3.94. The van der Waals surface area contributed by atoms with Crippen LogP contribution in [0.5, 0.6) is 11.5 Å². The van der Waals surface area contributed by atoms with E-state index in [0.29, 0.717) is 5.69 Å². The molecule has 0 radical (unpaired) electrons. The minimum Gasteiger partial charge on any atom is -0.505 e. The summed E-state index contributed by atoms with van der Waals surface area (Å²) in [4.78, 5) is 31.8. The molecule has 0 bridgehead atoms. The number of pyridine rings is 2. The van der Waals surface area contributed by atoms with Gasteiger partial charge in [-0.25, -0.2) is 9.97 Å². The fourth-order valence-electron chi connectivity index (χ4n) is 2.31. The molecule has 0 aliphatic rings. The van der Waals surface area contributed by atoms with E-state index < -0.39 is 11.8 Å². The Morgan fingerprint density at radius 1 is 0.815 bits per heavy atom. The zero-order chi connectivity index (χ0) is 19.2. The van der Waals surface area contributed by atoms with E-state index in [0.717, 1.165) is 5.56 Å². The van der Waals surface area contributed by atoms with Crippen molar-refractivity contribution in [1.82, 2.24) is 15.3 Å². The summed E-state index contributed by atoms with van der Waals surface area (Å²) in [6.45, 7) is 0.226. The van der Waals surface area contributed by atoms with E-state index in [1.165, 1.54) is 36.7 Å². The number of hydrogen-bond donors (Lipinski definition) is 4. The lowest BCUT2D eigenvalue weighted by Gasteiger charge is -2.08. The number of aromatic nitrogens is 2. The quantitative estimate of drug-likeness (QED) is 0.549. The summed E-state index contributed by atoms with van der Waals surface area (Å²) in [5, 5.41) is 24.6. The molecule has 0 aliphatic carbocycles. The van der Waals surface area contributed by atoms with Crippen molar-refractivity contribution in [3.05, 3.63) is 77.9 Å². The van der Waals surface area contributed by atoms with Crippen LogP contribution in [0.1, 0.15) is 26.5 Å². The molecule has 0 atom stereocenters. The maximum absolute atomic E-state index is 12.1. The molecule has 136 valence electrons. The predicted molar refractivity (Wildman–Crippen MR) is 97.4 cm³/mol. The highest BCUT2D eigenvalue weighted by molar-refractivity contribution is 6.04. The third-order valence-electron chi connectivity index (χ3n) is 3.67. The number of rotatable bonds is 5. The van der Waals surface area contributed by atoms with Crippen LogP contribution in [-0.2, 0) is 6.54 Å². The zero-order valence-electron chi connectivity index (χ0n) is 14.1. The molecule has 2 amide bonds. The van der Waals surface area contributed by atoms with Gasteiger partial charge in [0.25, 0.3) is 11.8 Å². The lowest BCUT2D eigenvalue weighted by atomic mass is 10.2. The van der Waals surface area contributed by atoms with Gasteiger partial charge in [-0.3, -0.25) is 9.59 Å². The van der Waals surface area contributed by atoms with E-state index in [2.05, 4.69) is 20.6 Å². The molecule has 1 aromatic carbocycles. The summed E-state index contributed by atoms with van der Waals surface area (Å²) in [5.41, 5.74) is 1.19. The van der Waals surface area contributed by atoms with E-state index in [9.17, 15) is 19.8 Å². The summed E-state index contributed by atoms with van der Waals surface area (Å²) in [7, 11) is 0. The first kappa shape index (κ1) is 17.9. The minimum atomic E-state index is -0.528. The topological polar surface area (TPSA) is 124 Å². The molecule has 0 unspecified atom stereocenters. The highest BCUT2D eigenvalue weighted by Gasteiger charge is 2.13.